The van der Waals surface area contributed by atoms with Crippen LogP contribution in [0.25, 0.3) is 11.0 Å². The third-order valence-corrected chi connectivity index (χ3v) is 4.25. The number of hydrogen-bond donors (Lipinski definition) is 2. The first-order chi connectivity index (χ1) is 11.4. The molecule has 1 amide bonds. The number of amides is 1. The summed E-state index contributed by atoms with van der Waals surface area (Å²) in [6.07, 6.45) is 0. The Kier molecular flexibility index (Phi) is 4.05. The normalized spacial score (nSPS) is 12.5. The number of aromatic amines is 1. The number of carbonyl (C=O) groups excluding carboxylic acids is 1. The Balaban J connectivity index is 1.88. The number of aromatic nitrogens is 2. The van der Waals surface area contributed by atoms with Gasteiger partial charge in [-0.1, -0.05) is 0 Å². The molecular weight excluding hydrogens is 306 g/mol. The van der Waals surface area contributed by atoms with E-state index in [1.807, 2.05) is 33.8 Å². The largest absolute Gasteiger partial charge is 0.466 e. The molecule has 3 aromatic rings. The van der Waals surface area contributed by atoms with Crippen molar-refractivity contribution in [3.05, 3.63) is 57.4 Å². The average molecular weight is 327 g/mol. The van der Waals surface area contributed by atoms with Crippen LogP contribution < -0.4 is 11.0 Å². The number of nitrogens with zero attached hydrogens (tertiary/aromatic N) is 1. The summed E-state index contributed by atoms with van der Waals surface area (Å²) in [6, 6.07) is 6.99. The van der Waals surface area contributed by atoms with E-state index in [0.29, 0.717) is 12.1 Å². The minimum Gasteiger partial charge on any atom is -0.466 e. The Morgan fingerprint density at radius 1 is 1.33 bits per heavy atom. The van der Waals surface area contributed by atoms with Crippen LogP contribution in [0, 0.1) is 13.8 Å². The smallest absolute Gasteiger partial charge is 0.326 e. The van der Waals surface area contributed by atoms with Crippen LogP contribution in [0.3, 0.4) is 0 Å². The molecule has 2 N–H and O–H groups in total. The molecule has 24 heavy (non-hydrogen) atoms. The SMILES string of the molecule is CCn1c(=O)[nH]c2ccc(C(=O)NC(C)c3cc(C)oc3C)cc21. The molecule has 0 saturated heterocycles. The van der Waals surface area contributed by atoms with E-state index in [4.69, 9.17) is 4.42 Å². The Bertz CT molecular complexity index is 962. The van der Waals surface area contributed by atoms with Gasteiger partial charge in [0, 0.05) is 17.7 Å². The van der Waals surface area contributed by atoms with Gasteiger partial charge >= 0.3 is 5.69 Å². The third kappa shape index (κ3) is 2.75. The van der Waals surface area contributed by atoms with Crippen molar-refractivity contribution < 1.29 is 9.21 Å². The van der Waals surface area contributed by atoms with Gasteiger partial charge in [-0.15, -0.1) is 0 Å². The zero-order chi connectivity index (χ0) is 17.4. The number of carbonyl (C=O) groups is 1. The Morgan fingerprint density at radius 3 is 2.71 bits per heavy atom. The number of hydrogen-bond acceptors (Lipinski definition) is 3. The highest BCUT2D eigenvalue weighted by Gasteiger charge is 2.17. The van der Waals surface area contributed by atoms with E-state index in [1.165, 1.54) is 0 Å². The van der Waals surface area contributed by atoms with E-state index in [1.54, 1.807) is 22.8 Å². The van der Waals surface area contributed by atoms with Crippen molar-refractivity contribution in [2.24, 2.45) is 0 Å². The van der Waals surface area contributed by atoms with Gasteiger partial charge in [0.25, 0.3) is 5.91 Å². The number of aryl methyl sites for hydroxylation is 3. The number of furan rings is 1. The number of nitrogens with one attached hydrogen (secondary N) is 2. The molecule has 3 rings (SSSR count). The van der Waals surface area contributed by atoms with Gasteiger partial charge in [-0.2, -0.15) is 0 Å². The fourth-order valence-electron chi connectivity index (χ4n) is 3.05. The summed E-state index contributed by atoms with van der Waals surface area (Å²) >= 11 is 0. The average Bonchev–Trinajstić information content (AvgIpc) is 3.04. The molecular formula is C18H21N3O3. The van der Waals surface area contributed by atoms with Crippen molar-refractivity contribution in [1.29, 1.82) is 0 Å². The molecule has 1 aromatic carbocycles. The predicted molar refractivity (Wildman–Crippen MR) is 92.3 cm³/mol. The van der Waals surface area contributed by atoms with Crippen molar-refractivity contribution in [3.63, 3.8) is 0 Å². The van der Waals surface area contributed by atoms with Gasteiger partial charge < -0.3 is 14.7 Å². The summed E-state index contributed by atoms with van der Waals surface area (Å²) in [7, 11) is 0. The van der Waals surface area contributed by atoms with E-state index in [2.05, 4.69) is 10.3 Å². The van der Waals surface area contributed by atoms with Crippen molar-refractivity contribution >= 4 is 16.9 Å². The minimum absolute atomic E-state index is 0.162. The highest BCUT2D eigenvalue weighted by atomic mass is 16.3. The quantitative estimate of drug-likeness (QED) is 0.773. The van der Waals surface area contributed by atoms with Gasteiger partial charge in [-0.05, 0) is 52.0 Å². The number of benzene rings is 1. The van der Waals surface area contributed by atoms with Crippen LogP contribution in [-0.4, -0.2) is 15.5 Å². The summed E-state index contributed by atoms with van der Waals surface area (Å²) < 4.78 is 7.13. The Morgan fingerprint density at radius 2 is 2.08 bits per heavy atom. The molecule has 0 aliphatic carbocycles. The summed E-state index contributed by atoms with van der Waals surface area (Å²) in [5, 5.41) is 2.98. The van der Waals surface area contributed by atoms with Gasteiger partial charge in [0.05, 0.1) is 17.1 Å². The molecule has 0 aliphatic heterocycles. The van der Waals surface area contributed by atoms with Crippen LogP contribution in [0.2, 0.25) is 0 Å². The van der Waals surface area contributed by atoms with Crippen LogP contribution in [0.4, 0.5) is 0 Å². The fraction of sp³-hybridized carbons (Fsp3) is 0.333. The van der Waals surface area contributed by atoms with Crippen molar-refractivity contribution in [1.82, 2.24) is 14.9 Å². The predicted octanol–water partition coefficient (Wildman–Crippen LogP) is 3.05. The van der Waals surface area contributed by atoms with Crippen molar-refractivity contribution in [2.45, 2.75) is 40.3 Å². The van der Waals surface area contributed by atoms with Crippen molar-refractivity contribution in [3.8, 4) is 0 Å². The van der Waals surface area contributed by atoms with Gasteiger partial charge in [-0.25, -0.2) is 4.79 Å². The van der Waals surface area contributed by atoms with Gasteiger partial charge in [-0.3, -0.25) is 9.36 Å². The molecule has 6 heteroatoms. The molecule has 0 radical (unpaired) electrons. The first kappa shape index (κ1) is 16.1. The molecule has 6 nitrogen and oxygen atoms in total. The number of imidazole rings is 1. The molecule has 0 aliphatic rings. The van der Waals surface area contributed by atoms with E-state index in [9.17, 15) is 9.59 Å². The molecule has 0 spiro atoms. The first-order valence-corrected chi connectivity index (χ1v) is 8.01. The van der Waals surface area contributed by atoms with E-state index in [0.717, 1.165) is 28.1 Å². The fourth-order valence-corrected chi connectivity index (χ4v) is 3.05. The Hall–Kier alpha value is -2.76. The maximum absolute atomic E-state index is 12.6. The van der Waals surface area contributed by atoms with Gasteiger partial charge in [0.1, 0.15) is 11.5 Å². The zero-order valence-electron chi connectivity index (χ0n) is 14.3. The second-order valence-electron chi connectivity index (χ2n) is 5.97. The lowest BCUT2D eigenvalue weighted by molar-refractivity contribution is 0.0940. The summed E-state index contributed by atoms with van der Waals surface area (Å²) in [5.74, 6) is 1.45. The maximum Gasteiger partial charge on any atom is 0.326 e. The maximum atomic E-state index is 12.6. The second-order valence-corrected chi connectivity index (χ2v) is 5.97. The molecule has 0 fully saturated rings. The third-order valence-electron chi connectivity index (χ3n) is 4.25. The number of H-pyrrole nitrogens is 1. The highest BCUT2D eigenvalue weighted by Crippen LogP contribution is 2.22. The summed E-state index contributed by atoms with van der Waals surface area (Å²) in [5.41, 5.74) is 2.79. The first-order valence-electron chi connectivity index (χ1n) is 8.01. The van der Waals surface area contributed by atoms with Crippen LogP contribution in [0.5, 0.6) is 0 Å². The topological polar surface area (TPSA) is 80.0 Å². The monoisotopic (exact) mass is 327 g/mol. The van der Waals surface area contributed by atoms with Crippen LogP contribution >= 0.6 is 0 Å². The molecule has 1 unspecified atom stereocenters. The lowest BCUT2D eigenvalue weighted by atomic mass is 10.1. The van der Waals surface area contributed by atoms with Gasteiger partial charge in [0.15, 0.2) is 0 Å². The summed E-state index contributed by atoms with van der Waals surface area (Å²) in [4.78, 5) is 27.2. The lowest BCUT2D eigenvalue weighted by Gasteiger charge is -2.13. The molecule has 2 heterocycles. The van der Waals surface area contributed by atoms with E-state index in [-0.39, 0.29) is 17.6 Å². The highest BCUT2D eigenvalue weighted by molar-refractivity contribution is 5.97. The zero-order valence-corrected chi connectivity index (χ0v) is 14.3. The molecule has 0 bridgehead atoms. The molecule has 126 valence electrons. The lowest BCUT2D eigenvalue weighted by Crippen LogP contribution is -2.26. The standard InChI is InChI=1S/C18H21N3O3/c1-5-21-16-9-13(6-7-15(16)20-18(21)23)17(22)19-11(3)14-8-10(2)24-12(14)4/h6-9,11H,5H2,1-4H3,(H,19,22)(H,20,23). The van der Waals surface area contributed by atoms with E-state index < -0.39 is 0 Å². The summed E-state index contributed by atoms with van der Waals surface area (Å²) in [6.45, 7) is 8.14. The number of fused-ring (bicyclic) bond motifs is 1. The second kappa shape index (κ2) is 6.03. The van der Waals surface area contributed by atoms with E-state index >= 15 is 0 Å². The number of rotatable bonds is 4. The Labute approximate surface area is 139 Å². The van der Waals surface area contributed by atoms with Gasteiger partial charge in [0.2, 0.25) is 0 Å². The van der Waals surface area contributed by atoms with Crippen LogP contribution in [0.1, 0.15) is 47.3 Å². The molecule has 1 atom stereocenters. The molecule has 2 aromatic heterocycles. The van der Waals surface area contributed by atoms with Crippen molar-refractivity contribution in [2.75, 3.05) is 0 Å². The van der Waals surface area contributed by atoms with Crippen LogP contribution in [0.15, 0.2) is 33.5 Å². The minimum atomic E-state index is -0.182. The molecule has 0 saturated carbocycles. The van der Waals surface area contributed by atoms with Crippen LogP contribution in [-0.2, 0) is 6.54 Å².